The maximum atomic E-state index is 13.6. The van der Waals surface area contributed by atoms with Gasteiger partial charge < -0.3 is 10.6 Å². The average molecular weight is 390 g/mol. The molecule has 0 bridgehead atoms. The second kappa shape index (κ2) is 8.03. The molecule has 0 radical (unpaired) electrons. The van der Waals surface area contributed by atoms with Crippen molar-refractivity contribution in [3.63, 3.8) is 0 Å². The second-order valence-electron chi connectivity index (χ2n) is 5.78. The molecule has 0 fully saturated rings. The van der Waals surface area contributed by atoms with E-state index in [1.165, 1.54) is 18.2 Å². The Kier molecular flexibility index (Phi) is 5.53. The fourth-order valence-electron chi connectivity index (χ4n) is 2.31. The van der Waals surface area contributed by atoms with E-state index in [1.807, 2.05) is 0 Å². The van der Waals surface area contributed by atoms with E-state index in [-0.39, 0.29) is 23.7 Å². The van der Waals surface area contributed by atoms with Gasteiger partial charge in [0.05, 0.1) is 5.56 Å². The van der Waals surface area contributed by atoms with Gasteiger partial charge in [-0.3, -0.25) is 4.79 Å². The number of aromatic nitrogens is 2. The van der Waals surface area contributed by atoms with Crippen LogP contribution < -0.4 is 10.6 Å². The molecule has 2 aromatic carbocycles. The lowest BCUT2D eigenvalue weighted by atomic mass is 10.2. The van der Waals surface area contributed by atoms with E-state index in [1.54, 1.807) is 18.2 Å². The summed E-state index contributed by atoms with van der Waals surface area (Å²) in [6, 6.07) is 13.2. The smallest absolute Gasteiger partial charge is 0.364 e. The van der Waals surface area contributed by atoms with Crippen LogP contribution in [0.15, 0.2) is 60.7 Å². The third-order valence-electron chi connectivity index (χ3n) is 3.79. The molecule has 5 nitrogen and oxygen atoms in total. The standard InChI is InChI=1S/C19H14F4N4O/c20-15-4-2-1-3-12(15)11-24-17-10-9-16(26-27-17)18(28)25-14-7-5-13(6-8-14)19(21,22)23/h1-10H,11H2,(H,24,27)(H,25,28). The van der Waals surface area contributed by atoms with Gasteiger partial charge in [-0.2, -0.15) is 13.2 Å². The monoisotopic (exact) mass is 390 g/mol. The van der Waals surface area contributed by atoms with Gasteiger partial charge in [-0.15, -0.1) is 10.2 Å². The van der Waals surface area contributed by atoms with E-state index < -0.39 is 17.6 Å². The van der Waals surface area contributed by atoms with Gasteiger partial charge in [-0.1, -0.05) is 18.2 Å². The minimum atomic E-state index is -4.44. The number of rotatable bonds is 5. The summed E-state index contributed by atoms with van der Waals surface area (Å²) < 4.78 is 51.2. The average Bonchev–Trinajstić information content (AvgIpc) is 2.67. The van der Waals surface area contributed by atoms with Crippen molar-refractivity contribution in [1.82, 2.24) is 10.2 Å². The van der Waals surface area contributed by atoms with Crippen LogP contribution >= 0.6 is 0 Å². The van der Waals surface area contributed by atoms with Gasteiger partial charge in [0.25, 0.3) is 5.91 Å². The van der Waals surface area contributed by atoms with Gasteiger partial charge in [0, 0.05) is 17.8 Å². The molecule has 1 amide bonds. The number of nitrogens with one attached hydrogen (secondary N) is 2. The highest BCUT2D eigenvalue weighted by molar-refractivity contribution is 6.02. The zero-order chi connectivity index (χ0) is 20.1. The van der Waals surface area contributed by atoms with Crippen molar-refractivity contribution in [3.8, 4) is 0 Å². The Morgan fingerprint density at radius 3 is 2.25 bits per heavy atom. The first kappa shape index (κ1) is 19.3. The second-order valence-corrected chi connectivity index (χ2v) is 5.78. The molecule has 2 N–H and O–H groups in total. The van der Waals surface area contributed by atoms with Crippen LogP contribution in [-0.4, -0.2) is 16.1 Å². The molecule has 0 saturated heterocycles. The van der Waals surface area contributed by atoms with E-state index in [2.05, 4.69) is 20.8 Å². The number of benzene rings is 2. The topological polar surface area (TPSA) is 66.9 Å². The summed E-state index contributed by atoms with van der Waals surface area (Å²) in [5.74, 6) is -0.627. The van der Waals surface area contributed by atoms with Gasteiger partial charge in [0.2, 0.25) is 0 Å². The third kappa shape index (κ3) is 4.81. The Balaban J connectivity index is 1.60. The van der Waals surface area contributed by atoms with Gasteiger partial charge in [-0.25, -0.2) is 4.39 Å². The quantitative estimate of drug-likeness (QED) is 0.630. The van der Waals surface area contributed by atoms with Crippen molar-refractivity contribution < 1.29 is 22.4 Å². The molecule has 1 aromatic heterocycles. The summed E-state index contributed by atoms with van der Waals surface area (Å²) >= 11 is 0. The Morgan fingerprint density at radius 1 is 0.929 bits per heavy atom. The molecule has 144 valence electrons. The highest BCUT2D eigenvalue weighted by Gasteiger charge is 2.30. The molecule has 3 rings (SSSR count). The van der Waals surface area contributed by atoms with Crippen LogP contribution in [0.2, 0.25) is 0 Å². The first-order chi connectivity index (χ1) is 13.3. The zero-order valence-electron chi connectivity index (χ0n) is 14.3. The van der Waals surface area contributed by atoms with Crippen molar-refractivity contribution in [2.45, 2.75) is 12.7 Å². The van der Waals surface area contributed by atoms with E-state index in [9.17, 15) is 22.4 Å². The maximum absolute atomic E-state index is 13.6. The number of carbonyl (C=O) groups excluding carboxylic acids is 1. The van der Waals surface area contributed by atoms with E-state index >= 15 is 0 Å². The molecule has 0 aliphatic rings. The highest BCUT2D eigenvalue weighted by atomic mass is 19.4. The summed E-state index contributed by atoms with van der Waals surface area (Å²) in [7, 11) is 0. The van der Waals surface area contributed by atoms with Crippen LogP contribution in [-0.2, 0) is 12.7 Å². The van der Waals surface area contributed by atoms with Crippen molar-refractivity contribution >= 4 is 17.4 Å². The highest BCUT2D eigenvalue weighted by Crippen LogP contribution is 2.29. The third-order valence-corrected chi connectivity index (χ3v) is 3.79. The predicted molar refractivity (Wildman–Crippen MR) is 95.2 cm³/mol. The van der Waals surface area contributed by atoms with E-state index in [0.717, 1.165) is 24.3 Å². The summed E-state index contributed by atoms with van der Waals surface area (Å²) in [5, 5.41) is 12.9. The minimum absolute atomic E-state index is 0.0173. The first-order valence-electron chi connectivity index (χ1n) is 8.12. The van der Waals surface area contributed by atoms with Gasteiger partial charge in [0.1, 0.15) is 11.6 Å². The number of amides is 1. The molecule has 3 aromatic rings. The van der Waals surface area contributed by atoms with Gasteiger partial charge in [0.15, 0.2) is 5.69 Å². The van der Waals surface area contributed by atoms with Crippen LogP contribution in [0.5, 0.6) is 0 Å². The summed E-state index contributed by atoms with van der Waals surface area (Å²) in [5.41, 5.74) is -0.179. The normalized spacial score (nSPS) is 11.1. The van der Waals surface area contributed by atoms with E-state index in [4.69, 9.17) is 0 Å². The molecule has 0 unspecified atom stereocenters. The molecule has 9 heteroatoms. The van der Waals surface area contributed by atoms with Crippen LogP contribution in [0.4, 0.5) is 29.1 Å². The lowest BCUT2D eigenvalue weighted by molar-refractivity contribution is -0.137. The van der Waals surface area contributed by atoms with Crippen molar-refractivity contribution in [2.24, 2.45) is 0 Å². The number of hydrogen-bond acceptors (Lipinski definition) is 4. The van der Waals surface area contributed by atoms with Gasteiger partial charge >= 0.3 is 6.18 Å². The maximum Gasteiger partial charge on any atom is 0.416 e. The summed E-state index contributed by atoms with van der Waals surface area (Å²) in [4.78, 5) is 12.1. The van der Waals surface area contributed by atoms with Crippen molar-refractivity contribution in [3.05, 3.63) is 83.3 Å². The number of halogens is 4. The number of hydrogen-bond donors (Lipinski definition) is 2. The van der Waals surface area contributed by atoms with Crippen LogP contribution in [0, 0.1) is 5.82 Å². The molecule has 0 atom stereocenters. The zero-order valence-corrected chi connectivity index (χ0v) is 14.3. The SMILES string of the molecule is O=C(Nc1ccc(C(F)(F)F)cc1)c1ccc(NCc2ccccc2F)nn1. The van der Waals surface area contributed by atoms with Crippen LogP contribution in [0.25, 0.3) is 0 Å². The fourth-order valence-corrected chi connectivity index (χ4v) is 2.31. The molecule has 0 aliphatic carbocycles. The predicted octanol–water partition coefficient (Wildman–Crippen LogP) is 4.50. The largest absolute Gasteiger partial charge is 0.416 e. The first-order valence-corrected chi connectivity index (χ1v) is 8.12. The summed E-state index contributed by atoms with van der Waals surface area (Å²) in [6.07, 6.45) is -4.44. The number of carbonyl (C=O) groups is 1. The van der Waals surface area contributed by atoms with E-state index in [0.29, 0.717) is 11.4 Å². The molecule has 0 aliphatic heterocycles. The lowest BCUT2D eigenvalue weighted by Gasteiger charge is -2.09. The molecule has 0 saturated carbocycles. The minimum Gasteiger partial charge on any atom is -0.364 e. The fraction of sp³-hybridized carbons (Fsp3) is 0.105. The van der Waals surface area contributed by atoms with Crippen molar-refractivity contribution in [1.29, 1.82) is 0 Å². The van der Waals surface area contributed by atoms with Gasteiger partial charge in [-0.05, 0) is 42.5 Å². The molecular weight excluding hydrogens is 376 g/mol. The Bertz CT molecular complexity index is 957. The number of alkyl halides is 3. The van der Waals surface area contributed by atoms with Crippen LogP contribution in [0.3, 0.4) is 0 Å². The lowest BCUT2D eigenvalue weighted by Crippen LogP contribution is -2.15. The molecule has 28 heavy (non-hydrogen) atoms. The molecular formula is C19H14F4N4O. The Hall–Kier alpha value is -3.49. The van der Waals surface area contributed by atoms with Crippen molar-refractivity contribution in [2.75, 3.05) is 10.6 Å². The Labute approximate surface area is 157 Å². The molecule has 1 heterocycles. The number of anilines is 2. The molecule has 0 spiro atoms. The summed E-state index contributed by atoms with van der Waals surface area (Å²) in [6.45, 7) is 0.193. The van der Waals surface area contributed by atoms with Crippen LogP contribution in [0.1, 0.15) is 21.6 Å². The Morgan fingerprint density at radius 2 is 1.64 bits per heavy atom. The number of nitrogens with zero attached hydrogens (tertiary/aromatic N) is 2.